The zero-order valence-electron chi connectivity index (χ0n) is 18.1. The minimum absolute atomic E-state index is 0.141. The molecule has 1 aliphatic rings. The van der Waals surface area contributed by atoms with Crippen molar-refractivity contribution in [1.82, 2.24) is 9.62 Å². The lowest BCUT2D eigenvalue weighted by Crippen LogP contribution is -2.45. The van der Waals surface area contributed by atoms with Crippen LogP contribution in [0.1, 0.15) is 43.7 Å². The van der Waals surface area contributed by atoms with Crippen molar-refractivity contribution in [2.75, 3.05) is 20.2 Å². The van der Waals surface area contributed by atoms with E-state index < -0.39 is 15.9 Å². The van der Waals surface area contributed by atoms with Crippen LogP contribution in [0.3, 0.4) is 0 Å². The van der Waals surface area contributed by atoms with Gasteiger partial charge in [0.1, 0.15) is 10.6 Å². The maximum atomic E-state index is 13.4. The summed E-state index contributed by atoms with van der Waals surface area (Å²) in [5, 5.41) is 3.56. The number of amides is 1. The van der Waals surface area contributed by atoms with Gasteiger partial charge in [-0.1, -0.05) is 43.6 Å². The number of ether oxygens (including phenoxy) is 1. The number of rotatable bonds is 7. The van der Waals surface area contributed by atoms with Crippen LogP contribution in [0.2, 0.25) is 5.02 Å². The Morgan fingerprint density at radius 2 is 1.94 bits per heavy atom. The molecule has 0 saturated carbocycles. The number of carbonyl (C=O) groups excluding carboxylic acids is 1. The van der Waals surface area contributed by atoms with Crippen molar-refractivity contribution < 1.29 is 17.9 Å². The van der Waals surface area contributed by atoms with E-state index in [9.17, 15) is 13.2 Å². The molecule has 0 bridgehead atoms. The van der Waals surface area contributed by atoms with Crippen LogP contribution in [0.15, 0.2) is 47.4 Å². The van der Waals surface area contributed by atoms with Gasteiger partial charge >= 0.3 is 0 Å². The number of nitrogens with zero attached hydrogens (tertiary/aromatic N) is 1. The highest BCUT2D eigenvalue weighted by Gasteiger charge is 2.35. The van der Waals surface area contributed by atoms with Gasteiger partial charge in [0.05, 0.1) is 13.0 Å². The molecule has 6 nitrogen and oxygen atoms in total. The van der Waals surface area contributed by atoms with Gasteiger partial charge in [-0.15, -0.1) is 0 Å². The monoisotopic (exact) mass is 464 g/mol. The van der Waals surface area contributed by atoms with Crippen molar-refractivity contribution in [2.24, 2.45) is 5.92 Å². The van der Waals surface area contributed by atoms with E-state index in [0.29, 0.717) is 36.7 Å². The van der Waals surface area contributed by atoms with Crippen molar-refractivity contribution >= 4 is 27.5 Å². The van der Waals surface area contributed by atoms with Crippen LogP contribution < -0.4 is 10.1 Å². The number of hydrogen-bond donors (Lipinski definition) is 1. The normalized spacial score (nSPS) is 17.5. The highest BCUT2D eigenvalue weighted by atomic mass is 35.5. The Labute approximate surface area is 189 Å². The summed E-state index contributed by atoms with van der Waals surface area (Å²) in [7, 11) is -2.32. The van der Waals surface area contributed by atoms with Gasteiger partial charge in [-0.05, 0) is 54.2 Å². The van der Waals surface area contributed by atoms with E-state index in [0.717, 1.165) is 11.1 Å². The standard InChI is InChI=1S/C23H29ClN2O4S/c1-16(2)18-8-11-21(30-3)22(13-18)31(28,29)26-12-4-5-19(15-26)23(27)25-14-17-6-9-20(24)10-7-17/h6-11,13,16,19H,4-5,12,14-15H2,1-3H3,(H,25,27)/t19-/m1/s1. The molecule has 0 aromatic heterocycles. The van der Waals surface area contributed by atoms with Gasteiger partial charge in [0.25, 0.3) is 0 Å². The third kappa shape index (κ3) is 5.59. The second kappa shape index (κ2) is 10.0. The predicted molar refractivity (Wildman–Crippen MR) is 122 cm³/mol. The fraction of sp³-hybridized carbons (Fsp3) is 0.435. The van der Waals surface area contributed by atoms with Crippen molar-refractivity contribution in [2.45, 2.75) is 44.0 Å². The topological polar surface area (TPSA) is 75.7 Å². The van der Waals surface area contributed by atoms with E-state index >= 15 is 0 Å². The van der Waals surface area contributed by atoms with Crippen LogP contribution in [-0.4, -0.2) is 38.8 Å². The van der Waals surface area contributed by atoms with E-state index in [4.69, 9.17) is 16.3 Å². The van der Waals surface area contributed by atoms with Crippen LogP contribution in [0, 0.1) is 5.92 Å². The Bertz CT molecular complexity index is 1020. The van der Waals surface area contributed by atoms with Gasteiger partial charge in [0.2, 0.25) is 15.9 Å². The minimum atomic E-state index is -3.79. The van der Waals surface area contributed by atoms with Gasteiger partial charge in [0.15, 0.2) is 0 Å². The van der Waals surface area contributed by atoms with Crippen molar-refractivity contribution in [3.63, 3.8) is 0 Å². The summed E-state index contributed by atoms with van der Waals surface area (Å²) in [4.78, 5) is 12.9. The third-order valence-electron chi connectivity index (χ3n) is 5.61. The Balaban J connectivity index is 1.74. The fourth-order valence-electron chi connectivity index (χ4n) is 3.70. The van der Waals surface area contributed by atoms with Crippen molar-refractivity contribution in [3.05, 3.63) is 58.6 Å². The number of halogens is 1. The number of nitrogens with one attached hydrogen (secondary N) is 1. The van der Waals surface area contributed by atoms with E-state index in [1.165, 1.54) is 11.4 Å². The van der Waals surface area contributed by atoms with Crippen molar-refractivity contribution in [1.29, 1.82) is 0 Å². The molecule has 8 heteroatoms. The van der Waals surface area contributed by atoms with Gasteiger partial charge in [-0.2, -0.15) is 4.31 Å². The van der Waals surface area contributed by atoms with Gasteiger partial charge in [-0.25, -0.2) is 8.42 Å². The molecule has 2 aromatic carbocycles. The average Bonchev–Trinajstić information content (AvgIpc) is 2.78. The zero-order valence-corrected chi connectivity index (χ0v) is 19.7. The minimum Gasteiger partial charge on any atom is -0.495 e. The summed E-state index contributed by atoms with van der Waals surface area (Å²) in [6.07, 6.45) is 1.28. The lowest BCUT2D eigenvalue weighted by molar-refractivity contribution is -0.126. The molecule has 168 valence electrons. The molecule has 1 fully saturated rings. The van der Waals surface area contributed by atoms with E-state index in [-0.39, 0.29) is 23.3 Å². The van der Waals surface area contributed by atoms with Crippen LogP contribution in [0.5, 0.6) is 5.75 Å². The Hall–Kier alpha value is -2.09. The maximum absolute atomic E-state index is 13.4. The molecule has 0 radical (unpaired) electrons. The molecule has 1 aliphatic heterocycles. The first kappa shape index (κ1) is 23.6. The number of piperidine rings is 1. The summed E-state index contributed by atoms with van der Waals surface area (Å²) in [5.74, 6) is -0.0285. The molecule has 1 N–H and O–H groups in total. The first-order valence-corrected chi connectivity index (χ1v) is 12.2. The summed E-state index contributed by atoms with van der Waals surface area (Å²) in [6.45, 7) is 4.95. The number of hydrogen-bond acceptors (Lipinski definition) is 4. The Kier molecular flexibility index (Phi) is 7.62. The highest BCUT2D eigenvalue weighted by molar-refractivity contribution is 7.89. The maximum Gasteiger partial charge on any atom is 0.246 e. The van der Waals surface area contributed by atoms with Crippen molar-refractivity contribution in [3.8, 4) is 5.75 Å². The fourth-order valence-corrected chi connectivity index (χ4v) is 5.54. The Morgan fingerprint density at radius 3 is 2.58 bits per heavy atom. The Morgan fingerprint density at radius 1 is 1.23 bits per heavy atom. The number of benzene rings is 2. The smallest absolute Gasteiger partial charge is 0.246 e. The van der Waals surface area contributed by atoms with Crippen LogP contribution in [0.25, 0.3) is 0 Å². The largest absolute Gasteiger partial charge is 0.495 e. The highest BCUT2D eigenvalue weighted by Crippen LogP contribution is 2.32. The second-order valence-corrected chi connectivity index (χ2v) is 10.5. The van der Waals surface area contributed by atoms with Gasteiger partial charge < -0.3 is 10.1 Å². The van der Waals surface area contributed by atoms with Crippen LogP contribution in [-0.2, 0) is 21.4 Å². The molecule has 1 heterocycles. The molecule has 1 atom stereocenters. The van der Waals surface area contributed by atoms with E-state index in [1.54, 1.807) is 24.3 Å². The van der Waals surface area contributed by atoms with E-state index in [1.807, 2.05) is 32.0 Å². The van der Waals surface area contributed by atoms with Gasteiger partial charge in [0, 0.05) is 24.7 Å². The third-order valence-corrected chi connectivity index (χ3v) is 7.75. The number of sulfonamides is 1. The summed E-state index contributed by atoms with van der Waals surface area (Å²) in [5.41, 5.74) is 1.86. The first-order valence-electron chi connectivity index (χ1n) is 10.4. The van der Waals surface area contributed by atoms with Crippen LogP contribution >= 0.6 is 11.6 Å². The summed E-state index contributed by atoms with van der Waals surface area (Å²) >= 11 is 5.90. The summed E-state index contributed by atoms with van der Waals surface area (Å²) in [6, 6.07) is 12.5. The first-order chi connectivity index (χ1) is 14.7. The molecule has 2 aromatic rings. The second-order valence-electron chi connectivity index (χ2n) is 8.11. The number of methoxy groups -OCH3 is 1. The molecular formula is C23H29ClN2O4S. The molecular weight excluding hydrogens is 436 g/mol. The quantitative estimate of drug-likeness (QED) is 0.666. The zero-order chi connectivity index (χ0) is 22.6. The van der Waals surface area contributed by atoms with Crippen LogP contribution in [0.4, 0.5) is 0 Å². The van der Waals surface area contributed by atoms with Gasteiger partial charge in [-0.3, -0.25) is 4.79 Å². The molecule has 1 amide bonds. The molecule has 0 unspecified atom stereocenters. The SMILES string of the molecule is COc1ccc(C(C)C)cc1S(=O)(=O)N1CCC[C@@H](C(=O)NCc2ccc(Cl)cc2)C1. The lowest BCUT2D eigenvalue weighted by Gasteiger charge is -2.31. The molecule has 0 aliphatic carbocycles. The number of carbonyl (C=O) groups is 1. The molecule has 31 heavy (non-hydrogen) atoms. The molecule has 1 saturated heterocycles. The lowest BCUT2D eigenvalue weighted by atomic mass is 9.99. The van der Waals surface area contributed by atoms with E-state index in [2.05, 4.69) is 5.32 Å². The molecule has 3 rings (SSSR count). The predicted octanol–water partition coefficient (Wildman–Crippen LogP) is 4.19. The average molecular weight is 465 g/mol. The summed E-state index contributed by atoms with van der Waals surface area (Å²) < 4.78 is 33.6. The molecule has 0 spiro atoms.